The molecule has 2 aliphatic rings. The van der Waals surface area contributed by atoms with E-state index in [4.69, 9.17) is 0 Å². The van der Waals surface area contributed by atoms with Crippen molar-refractivity contribution in [2.75, 3.05) is 4.90 Å². The average molecular weight is 275 g/mol. The number of hydrogen-bond donors (Lipinski definition) is 0. The number of nitrogens with zero attached hydrogens (tertiary/aromatic N) is 1. The summed E-state index contributed by atoms with van der Waals surface area (Å²) in [5.74, 6) is -0.994. The van der Waals surface area contributed by atoms with Gasteiger partial charge in [-0.25, -0.2) is 4.90 Å². The van der Waals surface area contributed by atoms with Crippen molar-refractivity contribution in [1.82, 2.24) is 0 Å². The quantitative estimate of drug-likeness (QED) is 0.750. The van der Waals surface area contributed by atoms with E-state index in [2.05, 4.69) is 0 Å². The van der Waals surface area contributed by atoms with Crippen molar-refractivity contribution >= 4 is 28.3 Å². The molecule has 0 aromatic heterocycles. The van der Waals surface area contributed by atoms with E-state index in [-0.39, 0.29) is 23.7 Å². The number of rotatable bonds is 1. The minimum Gasteiger partial charge on any atom is -0.273 e. The normalized spacial score (nSPS) is 23.9. The Morgan fingerprint density at radius 2 is 1.38 bits per heavy atom. The molecule has 0 radical (unpaired) electrons. The summed E-state index contributed by atoms with van der Waals surface area (Å²) in [6, 6.07) is 13.5. The molecule has 3 nitrogen and oxygen atoms in total. The van der Waals surface area contributed by atoms with Gasteiger partial charge in [0.25, 0.3) is 0 Å². The Morgan fingerprint density at radius 1 is 0.762 bits per heavy atom. The first-order chi connectivity index (χ1) is 10.3. The topological polar surface area (TPSA) is 37.4 Å². The largest absolute Gasteiger partial charge is 0.273 e. The summed E-state index contributed by atoms with van der Waals surface area (Å²) in [5, 5.41) is 1.95. The SMILES string of the molecule is O=C1[C@@H]2C=CC=C[C@H]2C(=O)N1c1cccc2ccccc12. The fourth-order valence-corrected chi connectivity index (χ4v) is 3.13. The highest BCUT2D eigenvalue weighted by Gasteiger charge is 2.46. The zero-order valence-corrected chi connectivity index (χ0v) is 11.3. The van der Waals surface area contributed by atoms with E-state index in [0.717, 1.165) is 10.8 Å². The highest BCUT2D eigenvalue weighted by atomic mass is 16.2. The van der Waals surface area contributed by atoms with Crippen LogP contribution < -0.4 is 4.90 Å². The van der Waals surface area contributed by atoms with Crippen molar-refractivity contribution in [1.29, 1.82) is 0 Å². The molecule has 21 heavy (non-hydrogen) atoms. The highest BCUT2D eigenvalue weighted by Crippen LogP contribution is 2.37. The van der Waals surface area contributed by atoms with Crippen LogP contribution in [0.5, 0.6) is 0 Å². The molecule has 3 heteroatoms. The van der Waals surface area contributed by atoms with Crippen LogP contribution >= 0.6 is 0 Å². The summed E-state index contributed by atoms with van der Waals surface area (Å²) in [4.78, 5) is 26.6. The van der Waals surface area contributed by atoms with Gasteiger partial charge >= 0.3 is 0 Å². The Labute approximate surface area is 122 Å². The van der Waals surface area contributed by atoms with Crippen LogP contribution in [0, 0.1) is 11.8 Å². The van der Waals surface area contributed by atoms with Crippen molar-refractivity contribution in [3.05, 3.63) is 66.8 Å². The molecule has 2 amide bonds. The van der Waals surface area contributed by atoms with E-state index < -0.39 is 0 Å². The Morgan fingerprint density at radius 3 is 2.10 bits per heavy atom. The van der Waals surface area contributed by atoms with Crippen LogP contribution in [0.1, 0.15) is 0 Å². The lowest BCUT2D eigenvalue weighted by Crippen LogP contribution is -2.30. The molecule has 0 unspecified atom stereocenters. The van der Waals surface area contributed by atoms with Crippen LogP contribution in [0.2, 0.25) is 0 Å². The minimum atomic E-state index is -0.360. The van der Waals surface area contributed by atoms with Crippen LogP contribution in [0.4, 0.5) is 5.69 Å². The van der Waals surface area contributed by atoms with Crippen molar-refractivity contribution in [2.45, 2.75) is 0 Å². The van der Waals surface area contributed by atoms with Gasteiger partial charge < -0.3 is 0 Å². The first-order valence-corrected chi connectivity index (χ1v) is 6.98. The number of carbonyl (C=O) groups is 2. The molecule has 1 aliphatic carbocycles. The highest BCUT2D eigenvalue weighted by molar-refractivity contribution is 6.26. The van der Waals surface area contributed by atoms with Crippen LogP contribution in [0.3, 0.4) is 0 Å². The lowest BCUT2D eigenvalue weighted by atomic mass is 9.91. The maximum Gasteiger partial charge on any atom is 0.241 e. The summed E-state index contributed by atoms with van der Waals surface area (Å²) in [6.45, 7) is 0. The molecule has 1 heterocycles. The summed E-state index contributed by atoms with van der Waals surface area (Å²) in [5.41, 5.74) is 0.680. The van der Waals surface area contributed by atoms with E-state index >= 15 is 0 Å². The van der Waals surface area contributed by atoms with Gasteiger partial charge in [0.2, 0.25) is 11.8 Å². The van der Waals surface area contributed by atoms with Gasteiger partial charge in [0.15, 0.2) is 0 Å². The van der Waals surface area contributed by atoms with Crippen molar-refractivity contribution < 1.29 is 9.59 Å². The smallest absolute Gasteiger partial charge is 0.241 e. The summed E-state index contributed by atoms with van der Waals surface area (Å²) in [7, 11) is 0. The van der Waals surface area contributed by atoms with E-state index in [1.807, 2.05) is 66.8 Å². The monoisotopic (exact) mass is 275 g/mol. The second kappa shape index (κ2) is 4.42. The Kier molecular flexibility index (Phi) is 2.54. The number of benzene rings is 2. The maximum absolute atomic E-state index is 12.6. The van der Waals surface area contributed by atoms with E-state index in [1.165, 1.54) is 4.90 Å². The molecule has 2 aromatic rings. The number of hydrogen-bond acceptors (Lipinski definition) is 2. The standard InChI is InChI=1S/C18H13NO2/c20-17-14-9-3-4-10-15(14)18(21)19(17)16-11-5-7-12-6-1-2-8-13(12)16/h1-11,14-15H/t14-,15-/m1/s1. The number of imide groups is 1. The number of allylic oxidation sites excluding steroid dienone is 2. The summed E-state index contributed by atoms with van der Waals surface area (Å²) in [6.07, 6.45) is 7.30. The zero-order chi connectivity index (χ0) is 14.4. The van der Waals surface area contributed by atoms with E-state index in [9.17, 15) is 9.59 Å². The lowest BCUT2D eigenvalue weighted by molar-refractivity contribution is -0.122. The van der Waals surface area contributed by atoms with Crippen LogP contribution in [0.15, 0.2) is 66.8 Å². The lowest BCUT2D eigenvalue weighted by Gasteiger charge is -2.17. The van der Waals surface area contributed by atoms with Crippen LogP contribution in [0.25, 0.3) is 10.8 Å². The van der Waals surface area contributed by atoms with Gasteiger partial charge in [-0.15, -0.1) is 0 Å². The Balaban J connectivity index is 1.89. The Bertz CT molecular complexity index is 784. The minimum absolute atomic E-state index is 0.137. The van der Waals surface area contributed by atoms with Crippen molar-refractivity contribution in [2.24, 2.45) is 11.8 Å². The van der Waals surface area contributed by atoms with Gasteiger partial charge in [-0.1, -0.05) is 60.7 Å². The zero-order valence-electron chi connectivity index (χ0n) is 11.3. The molecule has 0 saturated carbocycles. The number of anilines is 1. The fourth-order valence-electron chi connectivity index (χ4n) is 3.13. The molecule has 2 aromatic carbocycles. The van der Waals surface area contributed by atoms with Crippen molar-refractivity contribution in [3.63, 3.8) is 0 Å². The predicted octanol–water partition coefficient (Wildman–Crippen LogP) is 3.07. The first-order valence-electron chi connectivity index (χ1n) is 6.98. The second-order valence-corrected chi connectivity index (χ2v) is 5.33. The van der Waals surface area contributed by atoms with Gasteiger partial charge in [0.05, 0.1) is 17.5 Å². The molecular weight excluding hydrogens is 262 g/mol. The first kappa shape index (κ1) is 12.1. The maximum atomic E-state index is 12.6. The average Bonchev–Trinajstić information content (AvgIpc) is 2.79. The predicted molar refractivity (Wildman–Crippen MR) is 81.7 cm³/mol. The third-order valence-corrected chi connectivity index (χ3v) is 4.15. The number of amides is 2. The molecule has 1 aliphatic heterocycles. The second-order valence-electron chi connectivity index (χ2n) is 5.33. The van der Waals surface area contributed by atoms with Gasteiger partial charge in [-0.05, 0) is 11.5 Å². The summed E-state index contributed by atoms with van der Waals surface area (Å²) >= 11 is 0. The molecular formula is C18H13NO2. The molecule has 0 spiro atoms. The summed E-state index contributed by atoms with van der Waals surface area (Å²) < 4.78 is 0. The number of fused-ring (bicyclic) bond motifs is 2. The Hall–Kier alpha value is -2.68. The fraction of sp³-hybridized carbons (Fsp3) is 0.111. The van der Waals surface area contributed by atoms with Crippen LogP contribution in [-0.4, -0.2) is 11.8 Å². The molecule has 4 rings (SSSR count). The van der Waals surface area contributed by atoms with Gasteiger partial charge in [-0.3, -0.25) is 9.59 Å². The third-order valence-electron chi connectivity index (χ3n) is 4.15. The third kappa shape index (κ3) is 1.67. The molecule has 2 atom stereocenters. The van der Waals surface area contributed by atoms with Crippen molar-refractivity contribution in [3.8, 4) is 0 Å². The molecule has 1 fully saturated rings. The molecule has 102 valence electrons. The van der Waals surface area contributed by atoms with Gasteiger partial charge in [0.1, 0.15) is 0 Å². The van der Waals surface area contributed by atoms with Gasteiger partial charge in [0, 0.05) is 5.39 Å². The van der Waals surface area contributed by atoms with Crippen LogP contribution in [-0.2, 0) is 9.59 Å². The van der Waals surface area contributed by atoms with E-state index in [0.29, 0.717) is 5.69 Å². The molecule has 0 bridgehead atoms. The van der Waals surface area contributed by atoms with Gasteiger partial charge in [-0.2, -0.15) is 0 Å². The molecule has 0 N–H and O–H groups in total. The number of carbonyl (C=O) groups excluding carboxylic acids is 2. The molecule has 1 saturated heterocycles. The van der Waals surface area contributed by atoms with E-state index in [1.54, 1.807) is 0 Å².